The Morgan fingerprint density at radius 3 is 2.45 bits per heavy atom. The van der Waals surface area contributed by atoms with Crippen molar-refractivity contribution in [2.75, 3.05) is 26.7 Å². The average molecular weight is 156 g/mol. The lowest BCUT2D eigenvalue weighted by Crippen LogP contribution is -2.42. The lowest BCUT2D eigenvalue weighted by Gasteiger charge is -2.32. The summed E-state index contributed by atoms with van der Waals surface area (Å²) in [7, 11) is 2.03. The molecule has 0 aliphatic carbocycles. The molecule has 0 saturated carbocycles. The van der Waals surface area contributed by atoms with Gasteiger partial charge in [0.05, 0.1) is 0 Å². The number of hydrogen-bond donors (Lipinski definition) is 1. The first kappa shape index (κ1) is 9.01. The third-order valence-corrected chi connectivity index (χ3v) is 2.51. The Morgan fingerprint density at radius 1 is 1.27 bits per heavy atom. The summed E-state index contributed by atoms with van der Waals surface area (Å²) in [4.78, 5) is 2.58. The fourth-order valence-electron chi connectivity index (χ4n) is 1.78. The van der Waals surface area contributed by atoms with Gasteiger partial charge in [-0.15, -0.1) is 0 Å². The quantitative estimate of drug-likeness (QED) is 0.658. The van der Waals surface area contributed by atoms with Crippen LogP contribution in [-0.2, 0) is 0 Å². The smallest absolute Gasteiger partial charge is 0.0192 e. The van der Waals surface area contributed by atoms with Crippen LogP contribution in [0.4, 0.5) is 0 Å². The van der Waals surface area contributed by atoms with Crippen molar-refractivity contribution in [3.8, 4) is 0 Å². The Bertz CT molecular complexity index is 97.7. The summed E-state index contributed by atoms with van der Waals surface area (Å²) in [6, 6.07) is 0.722. The van der Waals surface area contributed by atoms with Crippen molar-refractivity contribution in [1.82, 2.24) is 10.2 Å². The van der Waals surface area contributed by atoms with Gasteiger partial charge in [-0.1, -0.05) is 6.42 Å². The summed E-state index contributed by atoms with van der Waals surface area (Å²) in [6.07, 6.45) is 4.23. The highest BCUT2D eigenvalue weighted by atomic mass is 15.2. The number of nitrogens with zero attached hydrogens (tertiary/aromatic N) is 1. The van der Waals surface area contributed by atoms with Crippen LogP contribution in [0.25, 0.3) is 0 Å². The molecule has 1 atom stereocenters. The molecule has 1 fully saturated rings. The Labute approximate surface area is 70.0 Å². The molecule has 0 amide bonds. The molecule has 1 aliphatic heterocycles. The summed E-state index contributed by atoms with van der Waals surface area (Å²) in [5.74, 6) is 0. The van der Waals surface area contributed by atoms with Crippen LogP contribution >= 0.6 is 0 Å². The largest absolute Gasteiger partial charge is 0.318 e. The van der Waals surface area contributed by atoms with E-state index in [1.54, 1.807) is 0 Å². The van der Waals surface area contributed by atoms with Crippen LogP contribution < -0.4 is 5.32 Å². The van der Waals surface area contributed by atoms with E-state index in [2.05, 4.69) is 17.1 Å². The van der Waals surface area contributed by atoms with Crippen LogP contribution in [0.2, 0.25) is 0 Å². The second-order valence-corrected chi connectivity index (χ2v) is 3.50. The van der Waals surface area contributed by atoms with Gasteiger partial charge < -0.3 is 5.32 Å². The molecule has 0 unspecified atom stereocenters. The maximum Gasteiger partial charge on any atom is 0.0192 e. The van der Waals surface area contributed by atoms with Gasteiger partial charge in [0.1, 0.15) is 0 Å². The predicted octanol–water partition coefficient (Wildman–Crippen LogP) is 1.08. The van der Waals surface area contributed by atoms with E-state index >= 15 is 0 Å². The SMILES string of the molecule is CNC[C@@H](C)N1CCCCC1. The van der Waals surface area contributed by atoms with E-state index in [0.29, 0.717) is 0 Å². The van der Waals surface area contributed by atoms with Gasteiger partial charge in [0, 0.05) is 12.6 Å². The topological polar surface area (TPSA) is 15.3 Å². The standard InChI is InChI=1S/C9H20N2/c1-9(8-10-2)11-6-4-3-5-7-11/h9-10H,3-8H2,1-2H3/t9-/m1/s1. The van der Waals surface area contributed by atoms with Gasteiger partial charge in [-0.2, -0.15) is 0 Å². The molecular weight excluding hydrogens is 136 g/mol. The van der Waals surface area contributed by atoms with Crippen molar-refractivity contribution in [3.05, 3.63) is 0 Å². The molecule has 1 aliphatic rings. The first-order valence-corrected chi connectivity index (χ1v) is 4.73. The van der Waals surface area contributed by atoms with Gasteiger partial charge in [-0.05, 0) is 39.9 Å². The average Bonchev–Trinajstić information content (AvgIpc) is 2.07. The molecule has 0 aromatic carbocycles. The van der Waals surface area contributed by atoms with Crippen molar-refractivity contribution >= 4 is 0 Å². The fraction of sp³-hybridized carbons (Fsp3) is 1.00. The molecule has 2 heteroatoms. The monoisotopic (exact) mass is 156 g/mol. The molecule has 0 aromatic heterocycles. The van der Waals surface area contributed by atoms with Crippen LogP contribution in [0, 0.1) is 0 Å². The van der Waals surface area contributed by atoms with E-state index in [1.807, 2.05) is 7.05 Å². The van der Waals surface area contributed by atoms with Crippen LogP contribution in [0.3, 0.4) is 0 Å². The molecular formula is C9H20N2. The number of piperidine rings is 1. The van der Waals surface area contributed by atoms with Crippen LogP contribution in [0.15, 0.2) is 0 Å². The maximum absolute atomic E-state index is 3.22. The minimum atomic E-state index is 0.722. The van der Waals surface area contributed by atoms with Crippen LogP contribution in [-0.4, -0.2) is 37.6 Å². The lowest BCUT2D eigenvalue weighted by atomic mass is 10.1. The Morgan fingerprint density at radius 2 is 1.91 bits per heavy atom. The minimum absolute atomic E-state index is 0.722. The van der Waals surface area contributed by atoms with Crippen molar-refractivity contribution in [2.24, 2.45) is 0 Å². The van der Waals surface area contributed by atoms with E-state index in [-0.39, 0.29) is 0 Å². The highest BCUT2D eigenvalue weighted by molar-refractivity contribution is 4.72. The molecule has 1 saturated heterocycles. The van der Waals surface area contributed by atoms with E-state index in [0.717, 1.165) is 12.6 Å². The minimum Gasteiger partial charge on any atom is -0.318 e. The fourth-order valence-corrected chi connectivity index (χ4v) is 1.78. The van der Waals surface area contributed by atoms with Crippen molar-refractivity contribution in [3.63, 3.8) is 0 Å². The zero-order valence-electron chi connectivity index (χ0n) is 7.77. The summed E-state index contributed by atoms with van der Waals surface area (Å²) in [6.45, 7) is 6.05. The first-order chi connectivity index (χ1) is 5.34. The molecule has 0 spiro atoms. The molecule has 2 nitrogen and oxygen atoms in total. The van der Waals surface area contributed by atoms with Crippen LogP contribution in [0.1, 0.15) is 26.2 Å². The van der Waals surface area contributed by atoms with E-state index in [1.165, 1.54) is 32.4 Å². The number of rotatable bonds is 3. The summed E-state index contributed by atoms with van der Waals surface area (Å²) >= 11 is 0. The number of likely N-dealkylation sites (tertiary alicyclic amines) is 1. The van der Waals surface area contributed by atoms with Gasteiger partial charge in [0.25, 0.3) is 0 Å². The van der Waals surface area contributed by atoms with Gasteiger partial charge >= 0.3 is 0 Å². The molecule has 66 valence electrons. The first-order valence-electron chi connectivity index (χ1n) is 4.73. The Hall–Kier alpha value is -0.0800. The highest BCUT2D eigenvalue weighted by Gasteiger charge is 2.14. The van der Waals surface area contributed by atoms with Gasteiger partial charge in [-0.3, -0.25) is 4.90 Å². The maximum atomic E-state index is 3.22. The number of likely N-dealkylation sites (N-methyl/N-ethyl adjacent to an activating group) is 1. The molecule has 0 bridgehead atoms. The molecule has 0 aromatic rings. The van der Waals surface area contributed by atoms with Crippen molar-refractivity contribution in [1.29, 1.82) is 0 Å². The Kier molecular flexibility index (Phi) is 3.87. The second kappa shape index (κ2) is 4.73. The van der Waals surface area contributed by atoms with E-state index in [9.17, 15) is 0 Å². The van der Waals surface area contributed by atoms with Crippen LogP contribution in [0.5, 0.6) is 0 Å². The molecule has 1 N–H and O–H groups in total. The predicted molar refractivity (Wildman–Crippen MR) is 48.8 cm³/mol. The molecule has 1 heterocycles. The zero-order valence-corrected chi connectivity index (χ0v) is 7.77. The van der Waals surface area contributed by atoms with Crippen molar-refractivity contribution < 1.29 is 0 Å². The lowest BCUT2D eigenvalue weighted by molar-refractivity contribution is 0.172. The number of hydrogen-bond acceptors (Lipinski definition) is 2. The summed E-state index contributed by atoms with van der Waals surface area (Å²) in [5.41, 5.74) is 0. The summed E-state index contributed by atoms with van der Waals surface area (Å²) < 4.78 is 0. The molecule has 1 rings (SSSR count). The van der Waals surface area contributed by atoms with Gasteiger partial charge in [0.15, 0.2) is 0 Å². The Balaban J connectivity index is 2.21. The third kappa shape index (κ3) is 2.80. The highest BCUT2D eigenvalue weighted by Crippen LogP contribution is 2.11. The van der Waals surface area contributed by atoms with E-state index in [4.69, 9.17) is 0 Å². The number of nitrogens with one attached hydrogen (secondary N) is 1. The second-order valence-electron chi connectivity index (χ2n) is 3.50. The summed E-state index contributed by atoms with van der Waals surface area (Å²) in [5, 5.41) is 3.22. The normalized spacial score (nSPS) is 23.5. The van der Waals surface area contributed by atoms with Crippen molar-refractivity contribution in [2.45, 2.75) is 32.2 Å². The zero-order chi connectivity index (χ0) is 8.10. The van der Waals surface area contributed by atoms with Gasteiger partial charge in [0.2, 0.25) is 0 Å². The van der Waals surface area contributed by atoms with Gasteiger partial charge in [-0.25, -0.2) is 0 Å². The third-order valence-electron chi connectivity index (χ3n) is 2.51. The molecule has 11 heavy (non-hydrogen) atoms. The molecule has 0 radical (unpaired) electrons. The van der Waals surface area contributed by atoms with E-state index < -0.39 is 0 Å².